The van der Waals surface area contributed by atoms with E-state index in [1.807, 2.05) is 39.8 Å². The van der Waals surface area contributed by atoms with Crippen LogP contribution in [0.4, 0.5) is 45.2 Å². The van der Waals surface area contributed by atoms with Crippen LogP contribution < -0.4 is 4.90 Å². The number of aryl methyl sites for hydroxylation is 4. The zero-order valence-corrected chi connectivity index (χ0v) is 44.4. The van der Waals surface area contributed by atoms with Crippen molar-refractivity contribution in [2.24, 2.45) is 0 Å². The molecule has 0 aliphatic heterocycles. The monoisotopic (exact) mass is 1240 g/mol. The van der Waals surface area contributed by atoms with Gasteiger partial charge in [0.1, 0.15) is 17.3 Å². The van der Waals surface area contributed by atoms with Crippen LogP contribution in [0.15, 0.2) is 107 Å². The normalized spacial score (nSPS) is 12.5. The van der Waals surface area contributed by atoms with Crippen molar-refractivity contribution in [3.05, 3.63) is 145 Å². The number of alkyl halides is 9. The molecular formula is C47H45EuF9N8O6S3+3. The third-order valence-electron chi connectivity index (χ3n) is 9.33. The van der Waals surface area contributed by atoms with Gasteiger partial charge in [0.15, 0.2) is 11.9 Å². The molecule has 27 heteroatoms. The molecular weight excluding hydrogens is 1190 g/mol. The van der Waals surface area contributed by atoms with Gasteiger partial charge in [-0.15, -0.1) is 34.0 Å². The molecule has 6 aromatic heterocycles. The molecule has 0 spiro atoms. The topological polar surface area (TPSA) is 193 Å². The molecule has 7 aromatic rings. The van der Waals surface area contributed by atoms with Crippen LogP contribution in [-0.4, -0.2) is 104 Å². The summed E-state index contributed by atoms with van der Waals surface area (Å²) in [6, 6.07) is 21.3. The maximum Gasteiger partial charge on any atom is 3.00 e. The van der Waals surface area contributed by atoms with Gasteiger partial charge in [0.25, 0.3) is 23.5 Å². The second-order valence-corrected chi connectivity index (χ2v) is 17.8. The Morgan fingerprint density at radius 3 is 1.30 bits per heavy atom. The van der Waals surface area contributed by atoms with Crippen LogP contribution in [0.3, 0.4) is 0 Å². The van der Waals surface area contributed by atoms with Crippen LogP contribution in [0.5, 0.6) is 0 Å². The SMILES string of the molecule is CCN(CC)c1ccc(-c2nc(-n3nc(C)cc3C)nc(-n3nc(C)cc3C)n2)cc1.O=C(C=C(O)c1cccs1)C(F)(F)F.O=C(C=C(O)c1cccs1)C(F)(F)F.OC(=CC(O)C(F)(F)F)c1cccs1.[Eu+3]. The van der Waals surface area contributed by atoms with Gasteiger partial charge in [-0.2, -0.15) is 64.7 Å². The van der Waals surface area contributed by atoms with Gasteiger partial charge in [-0.3, -0.25) is 9.59 Å². The second-order valence-electron chi connectivity index (χ2n) is 14.9. The molecule has 0 bridgehead atoms. The van der Waals surface area contributed by atoms with E-state index in [4.69, 9.17) is 35.4 Å². The number of hydrogen-bond donors (Lipinski definition) is 4. The van der Waals surface area contributed by atoms with Crippen molar-refractivity contribution >= 4 is 68.5 Å². The summed E-state index contributed by atoms with van der Waals surface area (Å²) in [5.74, 6) is -4.48. The van der Waals surface area contributed by atoms with E-state index in [2.05, 4.69) is 53.2 Å². The average Bonchev–Trinajstić information content (AvgIpc) is 4.19. The number of halogens is 9. The van der Waals surface area contributed by atoms with Gasteiger partial charge in [-0.25, -0.2) is 9.36 Å². The molecule has 0 aliphatic carbocycles. The van der Waals surface area contributed by atoms with Gasteiger partial charge < -0.3 is 25.3 Å². The first-order valence-corrected chi connectivity index (χ1v) is 23.8. The van der Waals surface area contributed by atoms with Gasteiger partial charge in [-0.1, -0.05) is 18.2 Å². The van der Waals surface area contributed by atoms with Crippen LogP contribution >= 0.6 is 34.0 Å². The Balaban J connectivity index is 0.000000283. The Bertz CT molecular complexity index is 2850. The number of carbonyl (C=O) groups excluding carboxylic acids is 2. The molecule has 0 amide bonds. The van der Waals surface area contributed by atoms with Crippen molar-refractivity contribution in [1.82, 2.24) is 34.5 Å². The average molecular weight is 1240 g/mol. The van der Waals surface area contributed by atoms with E-state index in [0.717, 1.165) is 75.4 Å². The van der Waals surface area contributed by atoms with Crippen LogP contribution in [0.25, 0.3) is 40.6 Å². The van der Waals surface area contributed by atoms with E-state index >= 15 is 0 Å². The summed E-state index contributed by atoms with van der Waals surface area (Å²) in [5.41, 5.74) is 5.85. The number of nitrogens with zero attached hydrogens (tertiary/aromatic N) is 8. The van der Waals surface area contributed by atoms with Crippen LogP contribution in [-0.2, 0) is 9.59 Å². The predicted molar refractivity (Wildman–Crippen MR) is 261 cm³/mol. The second kappa shape index (κ2) is 27.8. The first kappa shape index (κ1) is 62.7. The maximum absolute atomic E-state index is 11.8. The van der Waals surface area contributed by atoms with Gasteiger partial charge in [0.05, 0.1) is 26.0 Å². The molecule has 1 unspecified atom stereocenters. The number of aromatic nitrogens is 7. The minimum Gasteiger partial charge on any atom is -0.507 e. The van der Waals surface area contributed by atoms with Crippen molar-refractivity contribution in [3.63, 3.8) is 0 Å². The van der Waals surface area contributed by atoms with Crippen LogP contribution in [0.1, 0.15) is 51.3 Å². The number of aliphatic hydroxyl groups is 4. The molecule has 394 valence electrons. The van der Waals surface area contributed by atoms with E-state index in [1.165, 1.54) is 23.9 Å². The molecule has 6 heterocycles. The van der Waals surface area contributed by atoms with Crippen molar-refractivity contribution in [1.29, 1.82) is 0 Å². The maximum atomic E-state index is 11.8. The molecule has 7 rings (SSSR count). The summed E-state index contributed by atoms with van der Waals surface area (Å²) in [6.45, 7) is 14.1. The zero-order valence-electron chi connectivity index (χ0n) is 39.6. The molecule has 1 aromatic carbocycles. The fraction of sp³-hybridized carbons (Fsp3) is 0.255. The van der Waals surface area contributed by atoms with Crippen molar-refractivity contribution in [2.75, 3.05) is 18.0 Å². The molecule has 0 aliphatic rings. The number of hydrogen-bond acceptors (Lipinski definition) is 15. The van der Waals surface area contributed by atoms with Gasteiger partial charge in [0.2, 0.25) is 0 Å². The number of thiophene rings is 3. The molecule has 74 heavy (non-hydrogen) atoms. The molecule has 0 radical (unpaired) electrons. The molecule has 0 fully saturated rings. The third-order valence-corrected chi connectivity index (χ3v) is 12.0. The smallest absolute Gasteiger partial charge is 0.507 e. The van der Waals surface area contributed by atoms with Crippen LogP contribution in [0, 0.1) is 77.1 Å². The van der Waals surface area contributed by atoms with Crippen molar-refractivity contribution < 1.29 is 119 Å². The van der Waals surface area contributed by atoms with E-state index in [-0.39, 0.29) is 76.2 Å². The Morgan fingerprint density at radius 2 is 1.00 bits per heavy atom. The quantitative estimate of drug-likeness (QED) is 0.0515. The Labute approximate surface area is 470 Å². The molecule has 0 saturated carbocycles. The molecule has 14 nitrogen and oxygen atoms in total. The molecule has 4 N–H and O–H groups in total. The largest absolute Gasteiger partial charge is 3.00 e. The van der Waals surface area contributed by atoms with Gasteiger partial charge >= 0.3 is 67.9 Å². The minimum atomic E-state index is -4.94. The van der Waals surface area contributed by atoms with Gasteiger partial charge in [0, 0.05) is 47.9 Å². The van der Waals surface area contributed by atoms with Gasteiger partial charge in [-0.05, 0) is 118 Å². The molecule has 1 atom stereocenters. The number of anilines is 1. The third kappa shape index (κ3) is 18.7. The summed E-state index contributed by atoms with van der Waals surface area (Å²) in [6.07, 6.45) is -16.5. The summed E-state index contributed by atoms with van der Waals surface area (Å²) in [5, 5.41) is 49.8. The first-order chi connectivity index (χ1) is 34.1. The van der Waals surface area contributed by atoms with E-state index < -0.39 is 53.5 Å². The number of allylic oxidation sites excluding steroid dienone is 2. The fourth-order valence-electron chi connectivity index (χ4n) is 5.90. The Kier molecular flexibility index (Phi) is 23.6. The number of aliphatic hydroxyl groups excluding tert-OH is 4. The molecule has 0 saturated heterocycles. The standard InChI is InChI=1S/C23H28N8.C8H7F3O2S.2C8H5F3O2S.Eu/c1-7-29(8-2)20-11-9-19(10-12-20)21-24-22(30-17(5)13-15(3)27-30)26-23(25-21)31-18(6)14-16(4)28-31;3*9-8(10,11)7(13)4-5(12)6-2-1-3-14-6;/h9-14H,7-8H2,1-6H3;1-4,7,12-13H;2*1-4,12H;/q;;;;+3. The minimum absolute atomic E-state index is 0. The fourth-order valence-corrected chi connectivity index (χ4v) is 7.83. The Hall–Kier alpha value is -5.58. The summed E-state index contributed by atoms with van der Waals surface area (Å²) in [4.78, 5) is 38.1. The Morgan fingerprint density at radius 1 is 0.622 bits per heavy atom. The summed E-state index contributed by atoms with van der Waals surface area (Å²) >= 11 is 3.18. The zero-order chi connectivity index (χ0) is 54.4. The summed E-state index contributed by atoms with van der Waals surface area (Å²) < 4.78 is 110. The number of rotatable bonds is 12. The van der Waals surface area contributed by atoms with Crippen molar-refractivity contribution in [3.8, 4) is 23.3 Å². The number of ketones is 2. The number of carbonyl (C=O) groups is 2. The van der Waals surface area contributed by atoms with Crippen molar-refractivity contribution in [2.45, 2.75) is 66.2 Å². The van der Waals surface area contributed by atoms with E-state index in [9.17, 15) is 49.1 Å². The van der Waals surface area contributed by atoms with E-state index in [1.54, 1.807) is 43.7 Å². The predicted octanol–water partition coefficient (Wildman–Crippen LogP) is 12.1. The van der Waals surface area contributed by atoms with E-state index in [0.29, 0.717) is 23.8 Å². The number of benzene rings is 1. The van der Waals surface area contributed by atoms with Crippen LogP contribution in [0.2, 0.25) is 0 Å². The summed E-state index contributed by atoms with van der Waals surface area (Å²) in [7, 11) is 0. The first-order valence-electron chi connectivity index (χ1n) is 21.1.